The topological polar surface area (TPSA) is 0 Å². The summed E-state index contributed by atoms with van der Waals surface area (Å²) in [7, 11) is 0. The third kappa shape index (κ3) is 2.32. The predicted molar refractivity (Wildman–Crippen MR) is 62.3 cm³/mol. The smallest absolute Gasteiger partial charge is 0.0357 e. The van der Waals surface area contributed by atoms with Gasteiger partial charge < -0.3 is 0 Å². The van der Waals surface area contributed by atoms with Gasteiger partial charge in [-0.2, -0.15) is 0 Å². The molecular formula is C14H26. The van der Waals surface area contributed by atoms with Crippen LogP contribution >= 0.6 is 0 Å². The molecule has 0 N–H and O–H groups in total. The lowest BCUT2D eigenvalue weighted by molar-refractivity contribution is 0.0965. The van der Waals surface area contributed by atoms with E-state index in [4.69, 9.17) is 0 Å². The molecule has 0 saturated heterocycles. The minimum absolute atomic E-state index is 1.12. The van der Waals surface area contributed by atoms with Crippen LogP contribution < -0.4 is 0 Å². The lowest BCUT2D eigenvalue weighted by atomic mass is 9.64. The zero-order valence-corrected chi connectivity index (χ0v) is 9.80. The number of hydrogen-bond donors (Lipinski definition) is 0. The van der Waals surface area contributed by atoms with Gasteiger partial charge in [-0.3, -0.25) is 0 Å². The molecular weight excluding hydrogens is 168 g/mol. The minimum Gasteiger partial charge on any atom is -0.0654 e. The zero-order chi connectivity index (χ0) is 9.80. The van der Waals surface area contributed by atoms with Gasteiger partial charge in [0.15, 0.2) is 0 Å². The summed E-state index contributed by atoms with van der Waals surface area (Å²) in [5.41, 5.74) is 0. The lowest BCUT2D eigenvalue weighted by Crippen LogP contribution is -2.30. The van der Waals surface area contributed by atoms with Gasteiger partial charge in [0.2, 0.25) is 0 Å². The van der Waals surface area contributed by atoms with Crippen molar-refractivity contribution in [1.29, 1.82) is 0 Å². The summed E-state index contributed by atoms with van der Waals surface area (Å²) in [4.78, 5) is 0. The van der Waals surface area contributed by atoms with E-state index in [1.807, 2.05) is 0 Å². The molecule has 0 amide bonds. The van der Waals surface area contributed by atoms with Crippen molar-refractivity contribution in [3.05, 3.63) is 0 Å². The SMILES string of the molecule is CCCC[C@@H]1CCC[C@@H]2CCCC[C@H]12. The second kappa shape index (κ2) is 5.19. The normalized spacial score (nSPS) is 37.9. The molecule has 0 aromatic heterocycles. The molecule has 0 radical (unpaired) electrons. The van der Waals surface area contributed by atoms with E-state index in [1.165, 1.54) is 38.5 Å². The molecule has 0 aromatic rings. The largest absolute Gasteiger partial charge is 0.0654 e. The molecule has 2 aliphatic rings. The molecule has 0 heterocycles. The molecule has 14 heavy (non-hydrogen) atoms. The highest BCUT2D eigenvalue weighted by Crippen LogP contribution is 2.45. The van der Waals surface area contributed by atoms with Crippen molar-refractivity contribution in [3.63, 3.8) is 0 Å². The van der Waals surface area contributed by atoms with E-state index in [0.717, 1.165) is 17.8 Å². The molecule has 0 aromatic carbocycles. The molecule has 3 atom stereocenters. The van der Waals surface area contributed by atoms with Crippen molar-refractivity contribution >= 4 is 0 Å². The maximum Gasteiger partial charge on any atom is -0.0357 e. The van der Waals surface area contributed by atoms with Crippen LogP contribution in [-0.2, 0) is 0 Å². The standard InChI is InChI=1S/C14H26/c1-2-3-7-12-9-6-10-13-8-4-5-11-14(12)13/h12-14H,2-11H2,1H3/t12-,13+,14-/m1/s1. The fourth-order valence-corrected chi connectivity index (χ4v) is 3.90. The number of fused-ring (bicyclic) bond motifs is 1. The summed E-state index contributed by atoms with van der Waals surface area (Å²) < 4.78 is 0. The van der Waals surface area contributed by atoms with Gasteiger partial charge in [-0.05, 0) is 24.2 Å². The predicted octanol–water partition coefficient (Wildman–Crippen LogP) is 4.78. The van der Waals surface area contributed by atoms with Gasteiger partial charge in [-0.15, -0.1) is 0 Å². The Bertz CT molecular complexity index is 159. The van der Waals surface area contributed by atoms with Crippen molar-refractivity contribution < 1.29 is 0 Å². The third-order valence-electron chi connectivity index (χ3n) is 4.65. The van der Waals surface area contributed by atoms with Gasteiger partial charge in [0, 0.05) is 0 Å². The quantitative estimate of drug-likeness (QED) is 0.606. The van der Waals surface area contributed by atoms with Crippen LogP contribution in [0.2, 0.25) is 0 Å². The minimum atomic E-state index is 1.12. The van der Waals surface area contributed by atoms with E-state index in [1.54, 1.807) is 25.7 Å². The van der Waals surface area contributed by atoms with Gasteiger partial charge in [0.05, 0.1) is 0 Å². The van der Waals surface area contributed by atoms with Crippen LogP contribution in [0.25, 0.3) is 0 Å². The van der Waals surface area contributed by atoms with Crippen molar-refractivity contribution in [2.45, 2.75) is 71.1 Å². The highest BCUT2D eigenvalue weighted by Gasteiger charge is 2.33. The van der Waals surface area contributed by atoms with E-state index < -0.39 is 0 Å². The molecule has 2 aliphatic carbocycles. The Hall–Kier alpha value is 0. The zero-order valence-electron chi connectivity index (χ0n) is 9.80. The van der Waals surface area contributed by atoms with Gasteiger partial charge in [0.1, 0.15) is 0 Å². The van der Waals surface area contributed by atoms with Gasteiger partial charge in [-0.1, -0.05) is 64.7 Å². The van der Waals surface area contributed by atoms with Crippen LogP contribution in [0, 0.1) is 17.8 Å². The fraction of sp³-hybridized carbons (Fsp3) is 1.00. The third-order valence-corrected chi connectivity index (χ3v) is 4.65. The van der Waals surface area contributed by atoms with Gasteiger partial charge in [-0.25, -0.2) is 0 Å². The molecule has 0 nitrogen and oxygen atoms in total. The van der Waals surface area contributed by atoms with E-state index >= 15 is 0 Å². The van der Waals surface area contributed by atoms with Gasteiger partial charge >= 0.3 is 0 Å². The van der Waals surface area contributed by atoms with E-state index in [0.29, 0.717) is 0 Å². The summed E-state index contributed by atoms with van der Waals surface area (Å²) in [5, 5.41) is 0. The average Bonchev–Trinajstić information content (AvgIpc) is 2.26. The van der Waals surface area contributed by atoms with Gasteiger partial charge in [0.25, 0.3) is 0 Å². The maximum atomic E-state index is 2.33. The molecule has 0 heteroatoms. The monoisotopic (exact) mass is 194 g/mol. The molecule has 0 unspecified atom stereocenters. The second-order valence-electron chi connectivity index (χ2n) is 5.54. The fourth-order valence-electron chi connectivity index (χ4n) is 3.90. The van der Waals surface area contributed by atoms with Crippen LogP contribution in [0.3, 0.4) is 0 Å². The molecule has 0 aliphatic heterocycles. The number of unbranched alkanes of at least 4 members (excludes halogenated alkanes) is 1. The second-order valence-corrected chi connectivity index (χ2v) is 5.54. The first-order valence-electron chi connectivity index (χ1n) is 6.92. The molecule has 82 valence electrons. The van der Waals surface area contributed by atoms with Crippen LogP contribution in [0.15, 0.2) is 0 Å². The Labute approximate surface area is 89.5 Å². The Morgan fingerprint density at radius 1 is 0.929 bits per heavy atom. The first-order chi connectivity index (χ1) is 6.92. The van der Waals surface area contributed by atoms with E-state index in [2.05, 4.69) is 6.92 Å². The summed E-state index contributed by atoms with van der Waals surface area (Å²) in [6.07, 6.45) is 15.3. The lowest BCUT2D eigenvalue weighted by Gasteiger charge is -2.41. The highest BCUT2D eigenvalue weighted by molar-refractivity contribution is 4.84. The Morgan fingerprint density at radius 3 is 2.57 bits per heavy atom. The van der Waals surface area contributed by atoms with Crippen molar-refractivity contribution in [2.24, 2.45) is 17.8 Å². The molecule has 2 fully saturated rings. The Morgan fingerprint density at radius 2 is 1.71 bits per heavy atom. The number of rotatable bonds is 3. The molecule has 2 rings (SSSR count). The Balaban J connectivity index is 1.88. The maximum absolute atomic E-state index is 2.33. The molecule has 0 spiro atoms. The van der Waals surface area contributed by atoms with Crippen LogP contribution in [-0.4, -0.2) is 0 Å². The summed E-state index contributed by atoms with van der Waals surface area (Å²) in [5.74, 6) is 3.40. The first kappa shape index (κ1) is 10.5. The number of hydrogen-bond acceptors (Lipinski definition) is 0. The van der Waals surface area contributed by atoms with E-state index in [-0.39, 0.29) is 0 Å². The van der Waals surface area contributed by atoms with Crippen LogP contribution in [0.1, 0.15) is 71.1 Å². The van der Waals surface area contributed by atoms with E-state index in [9.17, 15) is 0 Å². The Kier molecular flexibility index (Phi) is 3.89. The van der Waals surface area contributed by atoms with Crippen LogP contribution in [0.5, 0.6) is 0 Å². The molecule has 2 saturated carbocycles. The van der Waals surface area contributed by atoms with Crippen LogP contribution in [0.4, 0.5) is 0 Å². The summed E-state index contributed by atoms with van der Waals surface area (Å²) in [6, 6.07) is 0. The summed E-state index contributed by atoms with van der Waals surface area (Å²) in [6.45, 7) is 2.33. The van der Waals surface area contributed by atoms with Crippen molar-refractivity contribution in [3.8, 4) is 0 Å². The first-order valence-corrected chi connectivity index (χ1v) is 6.92. The average molecular weight is 194 g/mol. The molecule has 0 bridgehead atoms. The summed E-state index contributed by atoms with van der Waals surface area (Å²) >= 11 is 0. The van der Waals surface area contributed by atoms with Crippen molar-refractivity contribution in [2.75, 3.05) is 0 Å². The van der Waals surface area contributed by atoms with Crippen molar-refractivity contribution in [1.82, 2.24) is 0 Å². The highest BCUT2D eigenvalue weighted by atomic mass is 14.4.